The van der Waals surface area contributed by atoms with E-state index in [0.717, 1.165) is 28.7 Å². The lowest BCUT2D eigenvalue weighted by atomic mass is 9.97. The minimum Gasteiger partial charge on any atom is -0.493 e. The summed E-state index contributed by atoms with van der Waals surface area (Å²) in [6, 6.07) is 8.12. The molecule has 3 aromatic rings. The van der Waals surface area contributed by atoms with Crippen molar-refractivity contribution >= 4 is 5.78 Å². The molecule has 0 spiro atoms. The number of fused-ring (bicyclic) bond motifs is 3. The van der Waals surface area contributed by atoms with E-state index < -0.39 is 0 Å². The number of benzene rings is 1. The van der Waals surface area contributed by atoms with Gasteiger partial charge in [0.05, 0.1) is 12.8 Å². The zero-order valence-corrected chi connectivity index (χ0v) is 14.3. The number of hydrogen-bond donors (Lipinski definition) is 0. The van der Waals surface area contributed by atoms with Crippen LogP contribution in [0.2, 0.25) is 0 Å². The molecule has 2 aliphatic carbocycles. The highest BCUT2D eigenvalue weighted by Crippen LogP contribution is 2.47. The van der Waals surface area contributed by atoms with Gasteiger partial charge < -0.3 is 9.47 Å². The highest BCUT2D eigenvalue weighted by molar-refractivity contribution is 5.66. The summed E-state index contributed by atoms with van der Waals surface area (Å²) in [5, 5.41) is 0. The van der Waals surface area contributed by atoms with Gasteiger partial charge in [0.1, 0.15) is 6.10 Å². The zero-order valence-electron chi connectivity index (χ0n) is 14.3. The molecule has 2 bridgehead atoms. The van der Waals surface area contributed by atoms with Crippen LogP contribution in [-0.2, 0) is 0 Å². The Balaban J connectivity index is 1.52. The minimum absolute atomic E-state index is 0.327. The van der Waals surface area contributed by atoms with Crippen LogP contribution < -0.4 is 9.47 Å². The van der Waals surface area contributed by atoms with Crippen molar-refractivity contribution < 1.29 is 9.47 Å². The summed E-state index contributed by atoms with van der Waals surface area (Å²) in [6.07, 6.45) is 11.0. The number of methoxy groups -OCH3 is 1. The van der Waals surface area contributed by atoms with Gasteiger partial charge in [-0.25, -0.2) is 9.97 Å². The van der Waals surface area contributed by atoms with Crippen molar-refractivity contribution in [2.45, 2.75) is 31.8 Å². The molecule has 2 fully saturated rings. The Labute approximate surface area is 146 Å². The third kappa shape index (κ3) is 2.46. The number of ether oxygens (including phenoxy) is 2. The predicted molar refractivity (Wildman–Crippen MR) is 94.8 cm³/mol. The van der Waals surface area contributed by atoms with Crippen LogP contribution in [-0.4, -0.2) is 27.6 Å². The predicted octanol–water partition coefficient (Wildman–Crippen LogP) is 3.97. The number of aromatic nitrogens is 3. The first-order chi connectivity index (χ1) is 12.3. The summed E-state index contributed by atoms with van der Waals surface area (Å²) < 4.78 is 14.0. The molecule has 0 radical (unpaired) electrons. The van der Waals surface area contributed by atoms with E-state index in [9.17, 15) is 0 Å². The van der Waals surface area contributed by atoms with Crippen LogP contribution in [0.5, 0.6) is 11.5 Å². The lowest BCUT2D eigenvalue weighted by Crippen LogP contribution is -2.23. The van der Waals surface area contributed by atoms with E-state index in [-0.39, 0.29) is 0 Å². The molecule has 2 saturated carbocycles. The first kappa shape index (κ1) is 14.8. The maximum absolute atomic E-state index is 6.42. The van der Waals surface area contributed by atoms with Gasteiger partial charge in [0.2, 0.25) is 5.78 Å². The molecule has 128 valence electrons. The second-order valence-electron chi connectivity index (χ2n) is 7.12. The van der Waals surface area contributed by atoms with Gasteiger partial charge in [-0.2, -0.15) is 0 Å². The SMILES string of the molecule is COc1ccc(-c2ccnc3nccn23)cc1OC1CC2CCC1C2. The Bertz CT molecular complexity index is 920. The van der Waals surface area contributed by atoms with Crippen LogP contribution in [0.15, 0.2) is 42.9 Å². The maximum Gasteiger partial charge on any atom is 0.234 e. The van der Waals surface area contributed by atoms with Crippen molar-refractivity contribution in [1.29, 1.82) is 0 Å². The van der Waals surface area contributed by atoms with Crippen molar-refractivity contribution in [2.75, 3.05) is 7.11 Å². The molecule has 25 heavy (non-hydrogen) atoms. The summed E-state index contributed by atoms with van der Waals surface area (Å²) in [4.78, 5) is 8.55. The Hall–Kier alpha value is -2.56. The van der Waals surface area contributed by atoms with Crippen molar-refractivity contribution in [3.05, 3.63) is 42.9 Å². The Morgan fingerprint density at radius 2 is 1.96 bits per heavy atom. The molecule has 1 aromatic carbocycles. The van der Waals surface area contributed by atoms with Crippen LogP contribution in [0.1, 0.15) is 25.7 Å². The van der Waals surface area contributed by atoms with Gasteiger partial charge in [0, 0.05) is 24.2 Å². The van der Waals surface area contributed by atoms with Gasteiger partial charge in [0.15, 0.2) is 11.5 Å². The van der Waals surface area contributed by atoms with E-state index in [4.69, 9.17) is 9.47 Å². The zero-order chi connectivity index (χ0) is 16.8. The topological polar surface area (TPSA) is 48.7 Å². The fourth-order valence-corrected chi connectivity index (χ4v) is 4.49. The summed E-state index contributed by atoms with van der Waals surface area (Å²) in [5.41, 5.74) is 2.12. The van der Waals surface area contributed by atoms with Gasteiger partial charge in [-0.15, -0.1) is 0 Å². The lowest BCUT2D eigenvalue weighted by Gasteiger charge is -2.24. The third-order valence-corrected chi connectivity index (χ3v) is 5.71. The highest BCUT2D eigenvalue weighted by atomic mass is 16.5. The molecule has 3 atom stereocenters. The number of imidazole rings is 1. The van der Waals surface area contributed by atoms with E-state index in [1.165, 1.54) is 25.7 Å². The first-order valence-corrected chi connectivity index (χ1v) is 8.95. The molecule has 0 aliphatic heterocycles. The smallest absolute Gasteiger partial charge is 0.234 e. The van der Waals surface area contributed by atoms with Crippen molar-refractivity contribution in [1.82, 2.24) is 14.4 Å². The van der Waals surface area contributed by atoms with E-state index in [2.05, 4.69) is 22.1 Å². The molecule has 2 aliphatic rings. The number of hydrogen-bond acceptors (Lipinski definition) is 4. The standard InChI is InChI=1S/C20H21N3O2/c1-24-17-5-4-14(16-6-7-21-20-22-8-9-23(16)20)12-19(17)25-18-11-13-2-3-15(18)10-13/h4-9,12-13,15,18H,2-3,10-11H2,1H3. The number of rotatable bonds is 4. The van der Waals surface area contributed by atoms with E-state index in [0.29, 0.717) is 17.8 Å². The minimum atomic E-state index is 0.327. The van der Waals surface area contributed by atoms with Crippen molar-refractivity contribution in [2.24, 2.45) is 11.8 Å². The van der Waals surface area contributed by atoms with Crippen LogP contribution in [0, 0.1) is 11.8 Å². The monoisotopic (exact) mass is 335 g/mol. The largest absolute Gasteiger partial charge is 0.493 e. The lowest BCUT2D eigenvalue weighted by molar-refractivity contribution is 0.133. The molecule has 0 amide bonds. The molecular weight excluding hydrogens is 314 g/mol. The van der Waals surface area contributed by atoms with Crippen LogP contribution in [0.3, 0.4) is 0 Å². The van der Waals surface area contributed by atoms with E-state index >= 15 is 0 Å². The summed E-state index contributed by atoms with van der Waals surface area (Å²) in [6.45, 7) is 0. The second kappa shape index (κ2) is 5.76. The van der Waals surface area contributed by atoms with Gasteiger partial charge in [-0.1, -0.05) is 0 Å². The van der Waals surface area contributed by atoms with Gasteiger partial charge in [-0.3, -0.25) is 4.40 Å². The van der Waals surface area contributed by atoms with Crippen LogP contribution >= 0.6 is 0 Å². The normalized spacial score (nSPS) is 24.8. The average Bonchev–Trinajstić information content (AvgIpc) is 3.37. The van der Waals surface area contributed by atoms with Gasteiger partial charge >= 0.3 is 0 Å². The summed E-state index contributed by atoms with van der Waals surface area (Å²) in [5.74, 6) is 3.89. The third-order valence-electron chi connectivity index (χ3n) is 5.71. The molecule has 2 aromatic heterocycles. The highest BCUT2D eigenvalue weighted by Gasteiger charge is 2.41. The first-order valence-electron chi connectivity index (χ1n) is 8.95. The molecule has 5 nitrogen and oxygen atoms in total. The van der Waals surface area contributed by atoms with Crippen LogP contribution in [0.25, 0.3) is 17.0 Å². The van der Waals surface area contributed by atoms with Crippen molar-refractivity contribution in [3.63, 3.8) is 0 Å². The van der Waals surface area contributed by atoms with Gasteiger partial charge in [0.25, 0.3) is 0 Å². The number of nitrogens with zero attached hydrogens (tertiary/aromatic N) is 3. The molecule has 3 unspecified atom stereocenters. The molecule has 0 N–H and O–H groups in total. The van der Waals surface area contributed by atoms with Crippen molar-refractivity contribution in [3.8, 4) is 22.8 Å². The van der Waals surface area contributed by atoms with E-state index in [1.54, 1.807) is 19.5 Å². The molecule has 0 saturated heterocycles. The van der Waals surface area contributed by atoms with Crippen LogP contribution in [0.4, 0.5) is 0 Å². The molecule has 5 rings (SSSR count). The fourth-order valence-electron chi connectivity index (χ4n) is 4.49. The van der Waals surface area contributed by atoms with Gasteiger partial charge in [-0.05, 0) is 61.8 Å². The second-order valence-corrected chi connectivity index (χ2v) is 7.12. The maximum atomic E-state index is 6.42. The fraction of sp³-hybridized carbons (Fsp3) is 0.400. The molecule has 2 heterocycles. The summed E-state index contributed by atoms with van der Waals surface area (Å²) >= 11 is 0. The summed E-state index contributed by atoms with van der Waals surface area (Å²) in [7, 11) is 1.70. The molecular formula is C20H21N3O2. The quantitative estimate of drug-likeness (QED) is 0.724. The van der Waals surface area contributed by atoms with E-state index in [1.807, 2.05) is 22.7 Å². The molecule has 5 heteroatoms. The Morgan fingerprint density at radius 3 is 2.76 bits per heavy atom. The average molecular weight is 335 g/mol. The Kier molecular flexibility index (Phi) is 3.40. The Morgan fingerprint density at radius 1 is 1.04 bits per heavy atom.